The summed E-state index contributed by atoms with van der Waals surface area (Å²) in [7, 11) is 0. The number of carbonyl (C=O) groups is 2. The molecule has 0 aliphatic heterocycles. The molecule has 0 aliphatic carbocycles. The summed E-state index contributed by atoms with van der Waals surface area (Å²) in [5.41, 5.74) is 0.816. The van der Waals surface area contributed by atoms with Crippen molar-refractivity contribution in [1.82, 2.24) is 0 Å². The molecule has 3 aromatic rings. The van der Waals surface area contributed by atoms with Crippen LogP contribution in [0.15, 0.2) is 78.4 Å². The van der Waals surface area contributed by atoms with Crippen molar-refractivity contribution in [2.75, 3.05) is 5.32 Å². The second kappa shape index (κ2) is 9.85. The monoisotopic (exact) mass is 416 g/mol. The van der Waals surface area contributed by atoms with Crippen LogP contribution in [-0.4, -0.2) is 17.0 Å². The van der Waals surface area contributed by atoms with Crippen LogP contribution in [0.25, 0.3) is 6.08 Å². The maximum Gasteiger partial charge on any atom is 0.337 e. The van der Waals surface area contributed by atoms with Crippen LogP contribution in [-0.2, 0) is 11.4 Å². The number of nitriles is 1. The first-order chi connectivity index (χ1) is 15.0. The number of para-hydroxylation sites is 1. The second-order valence-corrected chi connectivity index (χ2v) is 6.42. The van der Waals surface area contributed by atoms with Crippen molar-refractivity contribution in [3.63, 3.8) is 0 Å². The lowest BCUT2D eigenvalue weighted by molar-refractivity contribution is -0.112. The average Bonchev–Trinajstić information content (AvgIpc) is 2.78. The van der Waals surface area contributed by atoms with Gasteiger partial charge in [-0.15, -0.1) is 0 Å². The Labute approximate surface area is 177 Å². The summed E-state index contributed by atoms with van der Waals surface area (Å²) in [6.07, 6.45) is 1.37. The van der Waals surface area contributed by atoms with Gasteiger partial charge in [-0.1, -0.05) is 42.5 Å². The van der Waals surface area contributed by atoms with Gasteiger partial charge >= 0.3 is 5.97 Å². The van der Waals surface area contributed by atoms with Gasteiger partial charge < -0.3 is 15.2 Å². The first-order valence-corrected chi connectivity index (χ1v) is 9.19. The number of carbonyl (C=O) groups excluding carboxylic acids is 1. The minimum atomic E-state index is -1.19. The molecule has 3 aromatic carbocycles. The fourth-order valence-corrected chi connectivity index (χ4v) is 2.72. The van der Waals surface area contributed by atoms with Gasteiger partial charge in [0.2, 0.25) is 0 Å². The molecule has 1 amide bonds. The third kappa shape index (κ3) is 5.55. The van der Waals surface area contributed by atoms with E-state index in [1.165, 1.54) is 30.3 Å². The summed E-state index contributed by atoms with van der Waals surface area (Å²) in [5.74, 6) is -1.77. The lowest BCUT2D eigenvalue weighted by Gasteiger charge is -2.08. The van der Waals surface area contributed by atoms with E-state index in [9.17, 15) is 24.3 Å². The highest BCUT2D eigenvalue weighted by Crippen LogP contribution is 2.19. The highest BCUT2D eigenvalue weighted by atomic mass is 19.1. The zero-order valence-corrected chi connectivity index (χ0v) is 16.2. The standard InChI is InChI=1S/C24H17FN2O4/c25-21-7-3-1-5-17(21)15-31-19-11-9-16(10-12-19)13-18(14-26)23(28)27-22-8-4-2-6-20(22)24(29)30/h1-13H,15H2,(H,27,28)(H,29,30)/b18-13+. The van der Waals surface area contributed by atoms with Crippen molar-refractivity contribution in [2.45, 2.75) is 6.61 Å². The predicted molar refractivity (Wildman–Crippen MR) is 113 cm³/mol. The SMILES string of the molecule is N#C/C(=C\c1ccc(OCc2ccccc2F)cc1)C(=O)Nc1ccccc1C(=O)O. The molecule has 0 aliphatic rings. The third-order valence-corrected chi connectivity index (χ3v) is 4.31. The number of aromatic carboxylic acids is 1. The molecule has 0 unspecified atom stereocenters. The van der Waals surface area contributed by atoms with E-state index in [-0.39, 0.29) is 29.2 Å². The molecule has 0 aromatic heterocycles. The molecule has 0 saturated carbocycles. The minimum absolute atomic E-state index is 0.0662. The third-order valence-electron chi connectivity index (χ3n) is 4.31. The van der Waals surface area contributed by atoms with Crippen molar-refractivity contribution in [2.24, 2.45) is 0 Å². The molecule has 31 heavy (non-hydrogen) atoms. The molecule has 0 saturated heterocycles. The van der Waals surface area contributed by atoms with E-state index in [1.54, 1.807) is 48.5 Å². The Morgan fingerprint density at radius 2 is 1.71 bits per heavy atom. The fraction of sp³-hybridized carbons (Fsp3) is 0.0417. The van der Waals surface area contributed by atoms with Gasteiger partial charge in [-0.25, -0.2) is 9.18 Å². The van der Waals surface area contributed by atoms with E-state index >= 15 is 0 Å². The van der Waals surface area contributed by atoms with E-state index in [0.717, 1.165) is 0 Å². The van der Waals surface area contributed by atoms with Crippen molar-refractivity contribution in [3.8, 4) is 11.8 Å². The Balaban J connectivity index is 1.69. The number of carboxylic acid groups (broad SMARTS) is 1. The molecule has 6 nitrogen and oxygen atoms in total. The van der Waals surface area contributed by atoms with Crippen molar-refractivity contribution < 1.29 is 23.8 Å². The summed E-state index contributed by atoms with van der Waals surface area (Å²) in [6, 6.07) is 20.6. The lowest BCUT2D eigenvalue weighted by atomic mass is 10.1. The van der Waals surface area contributed by atoms with Crippen LogP contribution in [0.3, 0.4) is 0 Å². The van der Waals surface area contributed by atoms with Gasteiger partial charge in [-0.05, 0) is 42.0 Å². The second-order valence-electron chi connectivity index (χ2n) is 6.42. The number of hydrogen-bond donors (Lipinski definition) is 2. The van der Waals surface area contributed by atoms with Crippen LogP contribution in [0.5, 0.6) is 5.75 Å². The maximum absolute atomic E-state index is 13.7. The number of halogens is 1. The summed E-state index contributed by atoms with van der Waals surface area (Å²) < 4.78 is 19.2. The van der Waals surface area contributed by atoms with Gasteiger partial charge in [-0.3, -0.25) is 4.79 Å². The molecule has 0 fully saturated rings. The van der Waals surface area contributed by atoms with Gasteiger partial charge in [-0.2, -0.15) is 5.26 Å². The zero-order valence-electron chi connectivity index (χ0n) is 16.2. The number of amides is 1. The first-order valence-electron chi connectivity index (χ1n) is 9.19. The minimum Gasteiger partial charge on any atom is -0.489 e. The number of nitrogens with zero attached hydrogens (tertiary/aromatic N) is 1. The van der Waals surface area contributed by atoms with Crippen LogP contribution < -0.4 is 10.1 Å². The Morgan fingerprint density at radius 3 is 2.39 bits per heavy atom. The highest BCUT2D eigenvalue weighted by Gasteiger charge is 2.14. The van der Waals surface area contributed by atoms with E-state index in [1.807, 2.05) is 6.07 Å². The molecular weight excluding hydrogens is 399 g/mol. The van der Waals surface area contributed by atoms with Crippen LogP contribution in [0, 0.1) is 17.1 Å². The summed E-state index contributed by atoms with van der Waals surface area (Å²) >= 11 is 0. The summed E-state index contributed by atoms with van der Waals surface area (Å²) in [4.78, 5) is 23.7. The van der Waals surface area contributed by atoms with Crippen molar-refractivity contribution in [1.29, 1.82) is 5.26 Å². The first kappa shape index (κ1) is 21.3. The number of nitrogens with one attached hydrogen (secondary N) is 1. The topological polar surface area (TPSA) is 99.4 Å². The molecule has 0 bridgehead atoms. The number of ether oxygens (including phenoxy) is 1. The maximum atomic E-state index is 13.7. The highest BCUT2D eigenvalue weighted by molar-refractivity contribution is 6.11. The van der Waals surface area contributed by atoms with Gasteiger partial charge in [0.25, 0.3) is 5.91 Å². The fourth-order valence-electron chi connectivity index (χ4n) is 2.72. The van der Waals surface area contributed by atoms with E-state index in [2.05, 4.69) is 5.32 Å². The zero-order chi connectivity index (χ0) is 22.2. The molecule has 7 heteroatoms. The molecular formula is C24H17FN2O4. The van der Waals surface area contributed by atoms with Crippen molar-refractivity contribution >= 4 is 23.6 Å². The summed E-state index contributed by atoms with van der Waals surface area (Å²) in [6.45, 7) is 0.0662. The van der Waals surface area contributed by atoms with Crippen LogP contribution in [0.1, 0.15) is 21.5 Å². The van der Waals surface area contributed by atoms with E-state index in [0.29, 0.717) is 16.9 Å². The largest absolute Gasteiger partial charge is 0.489 e. The summed E-state index contributed by atoms with van der Waals surface area (Å²) in [5, 5.41) is 21.0. The Kier molecular flexibility index (Phi) is 6.76. The predicted octanol–water partition coefficient (Wildman–Crippen LogP) is 4.65. The van der Waals surface area contributed by atoms with Gasteiger partial charge in [0.15, 0.2) is 0 Å². The molecule has 3 rings (SSSR count). The number of anilines is 1. The van der Waals surface area contributed by atoms with Gasteiger partial charge in [0, 0.05) is 5.56 Å². The van der Waals surface area contributed by atoms with Gasteiger partial charge in [0.1, 0.15) is 29.8 Å². The Hall–Kier alpha value is -4.44. The number of benzene rings is 3. The van der Waals surface area contributed by atoms with Crippen LogP contribution in [0.4, 0.5) is 10.1 Å². The molecule has 0 radical (unpaired) electrons. The quantitative estimate of drug-likeness (QED) is 0.431. The van der Waals surface area contributed by atoms with Crippen molar-refractivity contribution in [3.05, 3.63) is 101 Å². The Morgan fingerprint density at radius 1 is 1.03 bits per heavy atom. The lowest BCUT2D eigenvalue weighted by Crippen LogP contribution is -2.16. The van der Waals surface area contributed by atoms with E-state index in [4.69, 9.17) is 4.74 Å². The van der Waals surface area contributed by atoms with Crippen LogP contribution >= 0.6 is 0 Å². The molecule has 0 heterocycles. The molecule has 2 N–H and O–H groups in total. The molecule has 154 valence electrons. The average molecular weight is 416 g/mol. The number of rotatable bonds is 7. The number of hydrogen-bond acceptors (Lipinski definition) is 4. The normalized spacial score (nSPS) is 10.8. The number of carboxylic acids is 1. The van der Waals surface area contributed by atoms with E-state index < -0.39 is 11.9 Å². The molecule has 0 atom stereocenters. The van der Waals surface area contributed by atoms with Crippen LogP contribution in [0.2, 0.25) is 0 Å². The van der Waals surface area contributed by atoms with Gasteiger partial charge in [0.05, 0.1) is 11.3 Å². The molecule has 0 spiro atoms. The smallest absolute Gasteiger partial charge is 0.337 e. The Bertz CT molecular complexity index is 1180.